The van der Waals surface area contributed by atoms with Crippen LogP contribution in [0.2, 0.25) is 0 Å². The molecule has 136 valence electrons. The Kier molecular flexibility index (Phi) is 6.09. The number of benzene rings is 1. The predicted octanol–water partition coefficient (Wildman–Crippen LogP) is 3.44. The summed E-state index contributed by atoms with van der Waals surface area (Å²) in [5, 5.41) is 2.85. The Morgan fingerprint density at radius 3 is 2.81 bits per heavy atom. The molecule has 1 N–H and O–H groups in total. The Balaban J connectivity index is 1.42. The fourth-order valence-corrected chi connectivity index (χ4v) is 2.52. The number of rotatable bonds is 9. The highest BCUT2D eigenvalue weighted by Crippen LogP contribution is 2.16. The first-order valence-electron chi connectivity index (χ1n) is 8.79. The Morgan fingerprint density at radius 1 is 1.23 bits per heavy atom. The Hall–Kier alpha value is -3.02. The van der Waals surface area contributed by atoms with E-state index < -0.39 is 0 Å². The van der Waals surface area contributed by atoms with E-state index in [-0.39, 0.29) is 5.91 Å². The smallest absolute Gasteiger partial charge is 0.286 e. The molecule has 6 heteroatoms. The molecule has 6 nitrogen and oxygen atoms in total. The van der Waals surface area contributed by atoms with Crippen LogP contribution in [-0.4, -0.2) is 22.0 Å². The Morgan fingerprint density at radius 2 is 2.08 bits per heavy atom. The summed E-state index contributed by atoms with van der Waals surface area (Å²) in [6.45, 7) is 3.80. The fraction of sp³-hybridized carbons (Fsp3) is 0.300. The zero-order chi connectivity index (χ0) is 18.2. The summed E-state index contributed by atoms with van der Waals surface area (Å²) in [6.07, 6.45) is 7.22. The van der Waals surface area contributed by atoms with E-state index in [0.717, 1.165) is 25.1 Å². The lowest BCUT2D eigenvalue weighted by Gasteiger charge is -2.05. The van der Waals surface area contributed by atoms with Gasteiger partial charge in [0.15, 0.2) is 5.76 Å². The van der Waals surface area contributed by atoms with Crippen LogP contribution in [-0.2, 0) is 19.6 Å². The normalized spacial score (nSPS) is 10.7. The molecular formula is C20H23N3O3. The SMILES string of the molecule is CCc1ccc(OCc2ccc(C(=O)NCCCn3ccnc3)o2)cc1. The first-order valence-corrected chi connectivity index (χ1v) is 8.79. The summed E-state index contributed by atoms with van der Waals surface area (Å²) >= 11 is 0. The van der Waals surface area contributed by atoms with Gasteiger partial charge in [-0.2, -0.15) is 0 Å². The molecule has 1 amide bonds. The minimum absolute atomic E-state index is 0.214. The molecule has 0 bridgehead atoms. The molecule has 3 rings (SSSR count). The van der Waals surface area contributed by atoms with Crippen LogP contribution in [0.5, 0.6) is 5.75 Å². The largest absolute Gasteiger partial charge is 0.486 e. The van der Waals surface area contributed by atoms with Crippen LogP contribution in [0.15, 0.2) is 59.5 Å². The number of nitrogens with zero attached hydrogens (tertiary/aromatic N) is 2. The van der Waals surface area contributed by atoms with E-state index in [9.17, 15) is 4.79 Å². The van der Waals surface area contributed by atoms with Crippen molar-refractivity contribution in [2.75, 3.05) is 6.54 Å². The zero-order valence-electron chi connectivity index (χ0n) is 14.9. The summed E-state index contributed by atoms with van der Waals surface area (Å²) in [6, 6.07) is 11.4. The minimum Gasteiger partial charge on any atom is -0.486 e. The number of hydrogen-bond donors (Lipinski definition) is 1. The number of imidazole rings is 1. The third-order valence-corrected chi connectivity index (χ3v) is 4.04. The first-order chi connectivity index (χ1) is 12.7. The van der Waals surface area contributed by atoms with Crippen LogP contribution in [0.4, 0.5) is 0 Å². The molecule has 2 aromatic heterocycles. The van der Waals surface area contributed by atoms with Gasteiger partial charge in [0.25, 0.3) is 5.91 Å². The fourth-order valence-electron chi connectivity index (χ4n) is 2.52. The van der Waals surface area contributed by atoms with Crippen molar-refractivity contribution in [1.82, 2.24) is 14.9 Å². The highest BCUT2D eigenvalue weighted by atomic mass is 16.5. The summed E-state index contributed by atoms with van der Waals surface area (Å²) < 4.78 is 13.2. The van der Waals surface area contributed by atoms with Gasteiger partial charge in [0.2, 0.25) is 0 Å². The van der Waals surface area contributed by atoms with Crippen molar-refractivity contribution >= 4 is 5.91 Å². The van der Waals surface area contributed by atoms with Crippen LogP contribution >= 0.6 is 0 Å². The maximum atomic E-state index is 12.1. The minimum atomic E-state index is -0.214. The molecule has 0 aliphatic heterocycles. The number of hydrogen-bond acceptors (Lipinski definition) is 4. The third-order valence-electron chi connectivity index (χ3n) is 4.04. The highest BCUT2D eigenvalue weighted by molar-refractivity contribution is 5.91. The van der Waals surface area contributed by atoms with Crippen LogP contribution in [0.1, 0.15) is 35.2 Å². The average Bonchev–Trinajstić information content (AvgIpc) is 3.36. The third kappa shape index (κ3) is 4.99. The van der Waals surface area contributed by atoms with Crippen LogP contribution in [0, 0.1) is 0 Å². The van der Waals surface area contributed by atoms with Crippen LogP contribution in [0.25, 0.3) is 0 Å². The van der Waals surface area contributed by atoms with Gasteiger partial charge in [0, 0.05) is 25.5 Å². The molecule has 0 atom stereocenters. The molecule has 0 aliphatic carbocycles. The zero-order valence-corrected chi connectivity index (χ0v) is 14.9. The average molecular weight is 353 g/mol. The Labute approximate surface area is 152 Å². The lowest BCUT2D eigenvalue weighted by molar-refractivity contribution is 0.0921. The van der Waals surface area contributed by atoms with Crippen molar-refractivity contribution in [1.29, 1.82) is 0 Å². The predicted molar refractivity (Wildman–Crippen MR) is 98.0 cm³/mol. The summed E-state index contributed by atoms with van der Waals surface area (Å²) in [5.74, 6) is 1.49. The van der Waals surface area contributed by atoms with Crippen molar-refractivity contribution in [2.45, 2.75) is 32.9 Å². The molecule has 0 fully saturated rings. The standard InChI is InChI=1S/C20H23N3O3/c1-2-16-4-6-17(7-5-16)25-14-18-8-9-19(26-18)20(24)22-10-3-12-23-13-11-21-15-23/h4-9,11,13,15H,2-3,10,12,14H2,1H3,(H,22,24). The summed E-state index contributed by atoms with van der Waals surface area (Å²) in [5.41, 5.74) is 1.27. The molecule has 2 heterocycles. The van der Waals surface area contributed by atoms with Gasteiger partial charge in [-0.15, -0.1) is 0 Å². The van der Waals surface area contributed by atoms with E-state index in [4.69, 9.17) is 9.15 Å². The van der Waals surface area contributed by atoms with E-state index in [1.165, 1.54) is 5.56 Å². The number of nitrogens with one attached hydrogen (secondary N) is 1. The van der Waals surface area contributed by atoms with Crippen molar-refractivity contribution in [2.24, 2.45) is 0 Å². The van der Waals surface area contributed by atoms with Gasteiger partial charge in [-0.05, 0) is 42.7 Å². The van der Waals surface area contributed by atoms with Crippen molar-refractivity contribution in [3.05, 3.63) is 72.2 Å². The van der Waals surface area contributed by atoms with E-state index in [0.29, 0.717) is 24.7 Å². The Bertz CT molecular complexity index is 807. The number of furan rings is 1. The molecule has 0 radical (unpaired) electrons. The number of carbonyl (C=O) groups is 1. The number of carbonyl (C=O) groups excluding carboxylic acids is 1. The lowest BCUT2D eigenvalue weighted by atomic mass is 10.2. The van der Waals surface area contributed by atoms with E-state index >= 15 is 0 Å². The molecule has 0 spiro atoms. The van der Waals surface area contributed by atoms with E-state index in [1.807, 2.05) is 35.0 Å². The molecular weight excluding hydrogens is 330 g/mol. The van der Waals surface area contributed by atoms with Crippen molar-refractivity contribution in [3.8, 4) is 5.75 Å². The van der Waals surface area contributed by atoms with Gasteiger partial charge in [-0.1, -0.05) is 19.1 Å². The molecule has 0 unspecified atom stereocenters. The number of aromatic nitrogens is 2. The molecule has 0 saturated heterocycles. The first kappa shape index (κ1) is 17.8. The van der Waals surface area contributed by atoms with Gasteiger partial charge in [0.1, 0.15) is 18.1 Å². The number of ether oxygens (including phenoxy) is 1. The van der Waals surface area contributed by atoms with Gasteiger partial charge < -0.3 is 19.0 Å². The molecule has 0 aliphatic rings. The monoisotopic (exact) mass is 353 g/mol. The summed E-state index contributed by atoms with van der Waals surface area (Å²) in [4.78, 5) is 16.1. The van der Waals surface area contributed by atoms with Crippen LogP contribution < -0.4 is 10.1 Å². The maximum Gasteiger partial charge on any atom is 0.286 e. The maximum absolute atomic E-state index is 12.1. The highest BCUT2D eigenvalue weighted by Gasteiger charge is 2.11. The van der Waals surface area contributed by atoms with E-state index in [2.05, 4.69) is 17.2 Å². The molecule has 0 saturated carbocycles. The van der Waals surface area contributed by atoms with Crippen molar-refractivity contribution < 1.29 is 13.9 Å². The molecule has 3 aromatic rings. The number of amides is 1. The van der Waals surface area contributed by atoms with Crippen molar-refractivity contribution in [3.63, 3.8) is 0 Å². The second-order valence-corrected chi connectivity index (χ2v) is 5.96. The second-order valence-electron chi connectivity index (χ2n) is 5.96. The molecule has 26 heavy (non-hydrogen) atoms. The number of aryl methyl sites for hydroxylation is 2. The lowest BCUT2D eigenvalue weighted by Crippen LogP contribution is -2.24. The van der Waals surface area contributed by atoms with Gasteiger partial charge >= 0.3 is 0 Å². The summed E-state index contributed by atoms with van der Waals surface area (Å²) in [7, 11) is 0. The van der Waals surface area contributed by atoms with Gasteiger partial charge in [0.05, 0.1) is 6.33 Å². The van der Waals surface area contributed by atoms with Crippen LogP contribution in [0.3, 0.4) is 0 Å². The quantitative estimate of drug-likeness (QED) is 0.598. The van der Waals surface area contributed by atoms with Gasteiger partial charge in [-0.25, -0.2) is 4.98 Å². The molecule has 1 aromatic carbocycles. The second kappa shape index (κ2) is 8.89. The van der Waals surface area contributed by atoms with Gasteiger partial charge in [-0.3, -0.25) is 4.79 Å². The topological polar surface area (TPSA) is 69.3 Å². The van der Waals surface area contributed by atoms with E-state index in [1.54, 1.807) is 24.7 Å².